The van der Waals surface area contributed by atoms with Crippen molar-refractivity contribution in [1.82, 2.24) is 20.3 Å². The van der Waals surface area contributed by atoms with E-state index in [0.717, 1.165) is 24.7 Å². The number of hydrogen-bond donors (Lipinski definition) is 2. The van der Waals surface area contributed by atoms with Gasteiger partial charge in [0.05, 0.1) is 18.8 Å². The zero-order chi connectivity index (χ0) is 16.6. The van der Waals surface area contributed by atoms with Crippen LogP contribution in [0.5, 0.6) is 0 Å². The van der Waals surface area contributed by atoms with Crippen molar-refractivity contribution >= 4 is 17.5 Å². The standard InChI is InChI=1S/C16H20N6O2/c23-16(13-2-1-3-17-11-13)19-5-4-18-14-10-15(21-12-20-14)22-6-8-24-9-7-22/h1-3,10-12H,4-9H2,(H,19,23)(H,18,20,21). The fourth-order valence-corrected chi connectivity index (χ4v) is 2.37. The highest BCUT2D eigenvalue weighted by Gasteiger charge is 2.12. The molecule has 1 aliphatic rings. The van der Waals surface area contributed by atoms with Crippen molar-refractivity contribution in [2.24, 2.45) is 0 Å². The van der Waals surface area contributed by atoms with E-state index in [2.05, 4.69) is 30.5 Å². The minimum atomic E-state index is -0.137. The lowest BCUT2D eigenvalue weighted by Crippen LogP contribution is -2.36. The van der Waals surface area contributed by atoms with E-state index in [0.29, 0.717) is 31.9 Å². The van der Waals surface area contributed by atoms with Crippen molar-refractivity contribution in [3.8, 4) is 0 Å². The van der Waals surface area contributed by atoms with E-state index < -0.39 is 0 Å². The van der Waals surface area contributed by atoms with Crippen LogP contribution in [-0.2, 0) is 4.74 Å². The largest absolute Gasteiger partial charge is 0.378 e. The van der Waals surface area contributed by atoms with E-state index >= 15 is 0 Å². The number of aromatic nitrogens is 3. The number of rotatable bonds is 6. The molecule has 0 spiro atoms. The first-order valence-electron chi connectivity index (χ1n) is 7.90. The van der Waals surface area contributed by atoms with E-state index in [9.17, 15) is 4.79 Å². The molecule has 0 atom stereocenters. The fourth-order valence-electron chi connectivity index (χ4n) is 2.37. The Kier molecular flexibility index (Phi) is 5.52. The summed E-state index contributed by atoms with van der Waals surface area (Å²) in [5, 5.41) is 6.03. The lowest BCUT2D eigenvalue weighted by molar-refractivity contribution is 0.0955. The van der Waals surface area contributed by atoms with Crippen LogP contribution < -0.4 is 15.5 Å². The first-order valence-corrected chi connectivity index (χ1v) is 7.90. The average molecular weight is 328 g/mol. The van der Waals surface area contributed by atoms with Crippen molar-refractivity contribution < 1.29 is 9.53 Å². The summed E-state index contributed by atoms with van der Waals surface area (Å²) in [5.74, 6) is 1.49. The van der Waals surface area contributed by atoms with Gasteiger partial charge in [-0.25, -0.2) is 9.97 Å². The summed E-state index contributed by atoms with van der Waals surface area (Å²) in [6.45, 7) is 4.16. The van der Waals surface area contributed by atoms with E-state index in [4.69, 9.17) is 4.74 Å². The van der Waals surface area contributed by atoms with Crippen LogP contribution in [0.2, 0.25) is 0 Å². The number of anilines is 2. The molecule has 0 aliphatic carbocycles. The molecule has 1 fully saturated rings. The van der Waals surface area contributed by atoms with Crippen LogP contribution in [-0.4, -0.2) is 60.3 Å². The number of ether oxygens (including phenoxy) is 1. The minimum Gasteiger partial charge on any atom is -0.378 e. The van der Waals surface area contributed by atoms with Crippen molar-refractivity contribution in [3.63, 3.8) is 0 Å². The third-order valence-electron chi connectivity index (χ3n) is 3.63. The van der Waals surface area contributed by atoms with Gasteiger partial charge in [-0.1, -0.05) is 0 Å². The van der Waals surface area contributed by atoms with Crippen LogP contribution in [0.3, 0.4) is 0 Å². The van der Waals surface area contributed by atoms with Gasteiger partial charge in [-0.05, 0) is 12.1 Å². The maximum atomic E-state index is 11.9. The highest BCUT2D eigenvalue weighted by molar-refractivity contribution is 5.93. The Hall–Kier alpha value is -2.74. The van der Waals surface area contributed by atoms with E-state index in [1.165, 1.54) is 0 Å². The molecule has 1 aliphatic heterocycles. The van der Waals surface area contributed by atoms with E-state index in [1.807, 2.05) is 6.07 Å². The van der Waals surface area contributed by atoms with Gasteiger partial charge in [0.15, 0.2) is 0 Å². The zero-order valence-electron chi connectivity index (χ0n) is 13.3. The highest BCUT2D eigenvalue weighted by atomic mass is 16.5. The summed E-state index contributed by atoms with van der Waals surface area (Å²) in [4.78, 5) is 26.5. The summed E-state index contributed by atoms with van der Waals surface area (Å²) < 4.78 is 5.34. The summed E-state index contributed by atoms with van der Waals surface area (Å²) >= 11 is 0. The molecule has 1 amide bonds. The van der Waals surface area contributed by atoms with Gasteiger partial charge in [-0.15, -0.1) is 0 Å². The average Bonchev–Trinajstić information content (AvgIpc) is 2.67. The normalized spacial score (nSPS) is 14.2. The summed E-state index contributed by atoms with van der Waals surface area (Å²) in [5.41, 5.74) is 0.550. The molecule has 2 aromatic heterocycles. The predicted molar refractivity (Wildman–Crippen MR) is 90.1 cm³/mol. The molecular formula is C16H20N6O2. The molecule has 8 heteroatoms. The SMILES string of the molecule is O=C(NCCNc1cc(N2CCOCC2)ncn1)c1cccnc1. The van der Waals surface area contributed by atoms with Crippen LogP contribution in [0, 0.1) is 0 Å². The molecule has 0 unspecified atom stereocenters. The summed E-state index contributed by atoms with van der Waals surface area (Å²) in [6, 6.07) is 5.38. The summed E-state index contributed by atoms with van der Waals surface area (Å²) in [7, 11) is 0. The number of amides is 1. The van der Waals surface area contributed by atoms with Crippen LogP contribution in [0.4, 0.5) is 11.6 Å². The molecule has 8 nitrogen and oxygen atoms in total. The second-order valence-electron chi connectivity index (χ2n) is 5.29. The molecule has 0 bridgehead atoms. The number of morpholine rings is 1. The Morgan fingerprint density at radius 1 is 1.25 bits per heavy atom. The van der Waals surface area contributed by atoms with Crippen molar-refractivity contribution in [3.05, 3.63) is 42.5 Å². The number of hydrogen-bond acceptors (Lipinski definition) is 7. The zero-order valence-corrected chi connectivity index (χ0v) is 13.3. The van der Waals surface area contributed by atoms with Gasteiger partial charge in [-0.2, -0.15) is 0 Å². The second kappa shape index (κ2) is 8.21. The van der Waals surface area contributed by atoms with Crippen molar-refractivity contribution in [2.45, 2.75) is 0 Å². The van der Waals surface area contributed by atoms with Crippen LogP contribution in [0.1, 0.15) is 10.4 Å². The van der Waals surface area contributed by atoms with Crippen LogP contribution in [0.25, 0.3) is 0 Å². The predicted octanol–water partition coefficient (Wildman–Crippen LogP) is 0.550. The Labute approximate surface area is 140 Å². The summed E-state index contributed by atoms with van der Waals surface area (Å²) in [6.07, 6.45) is 4.72. The Morgan fingerprint density at radius 3 is 2.92 bits per heavy atom. The number of pyridine rings is 1. The smallest absolute Gasteiger partial charge is 0.252 e. The molecule has 2 aromatic rings. The Morgan fingerprint density at radius 2 is 2.12 bits per heavy atom. The minimum absolute atomic E-state index is 0.137. The molecule has 3 rings (SSSR count). The first-order chi connectivity index (χ1) is 11.8. The van der Waals surface area contributed by atoms with Gasteiger partial charge in [0, 0.05) is 44.6 Å². The molecule has 24 heavy (non-hydrogen) atoms. The number of carbonyl (C=O) groups excluding carboxylic acids is 1. The molecule has 0 saturated carbocycles. The molecule has 0 aromatic carbocycles. The third-order valence-corrected chi connectivity index (χ3v) is 3.63. The maximum absolute atomic E-state index is 11.9. The van der Waals surface area contributed by atoms with Gasteiger partial charge in [-0.3, -0.25) is 9.78 Å². The lowest BCUT2D eigenvalue weighted by Gasteiger charge is -2.27. The Bertz CT molecular complexity index is 661. The van der Waals surface area contributed by atoms with Gasteiger partial charge in [0.25, 0.3) is 5.91 Å². The monoisotopic (exact) mass is 328 g/mol. The molecular weight excluding hydrogens is 308 g/mol. The van der Waals surface area contributed by atoms with Gasteiger partial charge in [0.1, 0.15) is 18.0 Å². The fraction of sp³-hybridized carbons (Fsp3) is 0.375. The lowest BCUT2D eigenvalue weighted by atomic mass is 10.3. The quantitative estimate of drug-likeness (QED) is 0.748. The second-order valence-corrected chi connectivity index (χ2v) is 5.29. The van der Waals surface area contributed by atoms with E-state index in [1.54, 1.807) is 30.9 Å². The van der Waals surface area contributed by atoms with Crippen LogP contribution in [0.15, 0.2) is 36.9 Å². The van der Waals surface area contributed by atoms with Gasteiger partial charge in [0.2, 0.25) is 0 Å². The Balaban J connectivity index is 1.46. The molecule has 2 N–H and O–H groups in total. The maximum Gasteiger partial charge on any atom is 0.252 e. The number of nitrogens with one attached hydrogen (secondary N) is 2. The number of nitrogens with zero attached hydrogens (tertiary/aromatic N) is 4. The molecule has 1 saturated heterocycles. The topological polar surface area (TPSA) is 92.3 Å². The van der Waals surface area contributed by atoms with Gasteiger partial charge >= 0.3 is 0 Å². The van der Waals surface area contributed by atoms with Crippen molar-refractivity contribution in [2.75, 3.05) is 49.6 Å². The third kappa shape index (κ3) is 4.39. The van der Waals surface area contributed by atoms with Crippen LogP contribution >= 0.6 is 0 Å². The molecule has 126 valence electrons. The van der Waals surface area contributed by atoms with E-state index in [-0.39, 0.29) is 5.91 Å². The molecule has 3 heterocycles. The first kappa shape index (κ1) is 16.1. The van der Waals surface area contributed by atoms with Gasteiger partial charge < -0.3 is 20.3 Å². The number of carbonyl (C=O) groups is 1. The molecule has 0 radical (unpaired) electrons. The highest BCUT2D eigenvalue weighted by Crippen LogP contribution is 2.15. The van der Waals surface area contributed by atoms with Crippen molar-refractivity contribution in [1.29, 1.82) is 0 Å².